The minimum absolute atomic E-state index is 0.0326. The molecule has 2 saturated heterocycles. The molecule has 13 atom stereocenters. The van der Waals surface area contributed by atoms with Gasteiger partial charge in [-0.2, -0.15) is 0 Å². The molecule has 60 heavy (non-hydrogen) atoms. The highest BCUT2D eigenvalue weighted by atomic mass is 16.3. The molecule has 1 saturated carbocycles. The molecule has 0 bridgehead atoms. The van der Waals surface area contributed by atoms with Crippen LogP contribution in [0.4, 0.5) is 0 Å². The molecule has 0 spiro atoms. The van der Waals surface area contributed by atoms with Crippen molar-refractivity contribution >= 4 is 17.6 Å². The maximum absolute atomic E-state index is 12.8. The molecule has 0 aromatic carbocycles. The highest BCUT2D eigenvalue weighted by Crippen LogP contribution is 2.58. The molecule has 2 aliphatic carbocycles. The number of carbonyl (C=O) groups excluding carboxylic acids is 2. The molecule has 11 N–H and O–H groups in total. The monoisotopic (exact) mass is 839 g/mol. The number of nitrogens with zero attached hydrogens (tertiary/aromatic N) is 1. The van der Waals surface area contributed by atoms with Crippen LogP contribution in [0.5, 0.6) is 0 Å². The van der Waals surface area contributed by atoms with E-state index in [1.54, 1.807) is 31.2 Å². The van der Waals surface area contributed by atoms with E-state index in [-0.39, 0.29) is 65.9 Å². The van der Waals surface area contributed by atoms with Crippen molar-refractivity contribution in [1.82, 2.24) is 10.2 Å². The van der Waals surface area contributed by atoms with E-state index in [0.29, 0.717) is 44.1 Å². The van der Waals surface area contributed by atoms with Crippen molar-refractivity contribution in [3.63, 3.8) is 0 Å². The Hall–Kier alpha value is -3.59. The molecule has 4 rings (SSSR count). The van der Waals surface area contributed by atoms with Crippen molar-refractivity contribution in [2.45, 2.75) is 155 Å². The standard InChI is InChI=1S/C47H74N4O9/c1-27(38(54)12-8-13-39(55)28(2)16-21-34(53)25-32-10-9-23-51(32)46(48)49)15-19-33(52)20-17-29(3)43(58)30(4)18-22-36-31(5)24-35-37(11-7-14-40(35)56)47(36,6)44(59)42-41(57)26-50-45(42)60/h8,12,15-17,19,24,27,30,32-40,43,52-56,58-59H,7,9-11,13-14,18,20-23,25-26H2,1-6H3,(H3,48,49)(H,50,60)/b12-8+,19-15+,28-16+,29-17+,44-42?. The zero-order valence-corrected chi connectivity index (χ0v) is 36.6. The summed E-state index contributed by atoms with van der Waals surface area (Å²) >= 11 is 0. The van der Waals surface area contributed by atoms with E-state index in [1.807, 2.05) is 51.7 Å². The number of Topliss-reactive ketones (excluding diaryl/α,β-unsaturated/α-hetero) is 1. The summed E-state index contributed by atoms with van der Waals surface area (Å²) in [5.74, 6) is -2.23. The first-order chi connectivity index (χ1) is 28.3. The van der Waals surface area contributed by atoms with Crippen LogP contribution in [0.3, 0.4) is 0 Å². The van der Waals surface area contributed by atoms with E-state index in [9.17, 15) is 45.3 Å². The molecule has 4 aliphatic rings. The van der Waals surface area contributed by atoms with Gasteiger partial charge in [-0.05, 0) is 114 Å². The van der Waals surface area contributed by atoms with Gasteiger partial charge in [-0.1, -0.05) is 75.3 Å². The third kappa shape index (κ3) is 12.1. The minimum atomic E-state index is -0.954. The quantitative estimate of drug-likeness (QED) is 0.0215. The van der Waals surface area contributed by atoms with Crippen molar-refractivity contribution in [3.05, 3.63) is 70.6 Å². The Morgan fingerprint density at radius 3 is 2.37 bits per heavy atom. The molecule has 2 aliphatic heterocycles. The summed E-state index contributed by atoms with van der Waals surface area (Å²) in [4.78, 5) is 27.3. The number of hydrogen-bond donors (Lipinski definition) is 10. The number of aliphatic hydroxyl groups is 7. The van der Waals surface area contributed by atoms with E-state index in [4.69, 9.17) is 11.1 Å². The summed E-state index contributed by atoms with van der Waals surface area (Å²) in [7, 11) is 0. The van der Waals surface area contributed by atoms with Crippen LogP contribution in [0.2, 0.25) is 0 Å². The number of allylic oxidation sites excluding steroid dienone is 2. The normalized spacial score (nSPS) is 31.1. The molecule has 13 unspecified atom stereocenters. The van der Waals surface area contributed by atoms with E-state index < -0.39 is 53.7 Å². The second kappa shape index (κ2) is 22.0. The summed E-state index contributed by atoms with van der Waals surface area (Å²) in [6.45, 7) is 11.9. The largest absolute Gasteiger partial charge is 0.511 e. The first-order valence-corrected chi connectivity index (χ1v) is 22.1. The SMILES string of the molecule is CC1=CC2C(O)CCCC2C(C)(C(O)=C2C(=O)CNC2=O)C1CCC(C)C(O)/C(C)=C/CC(O)/C=C/C(C)C(O)/C=C/CC(O)/C(C)=C/CC(O)CC1CCCN1C(=N)N. The molecule has 13 heteroatoms. The van der Waals surface area contributed by atoms with Gasteiger partial charge in [-0.25, -0.2) is 0 Å². The lowest BCUT2D eigenvalue weighted by molar-refractivity contribution is -0.118. The van der Waals surface area contributed by atoms with Gasteiger partial charge in [-0.15, -0.1) is 0 Å². The Bertz CT molecular complexity index is 1680. The highest BCUT2D eigenvalue weighted by Gasteiger charge is 2.55. The summed E-state index contributed by atoms with van der Waals surface area (Å²) in [6, 6.07) is 0.0545. The second-order valence-electron chi connectivity index (χ2n) is 18.4. The lowest BCUT2D eigenvalue weighted by atomic mass is 9.52. The molecule has 3 fully saturated rings. The predicted octanol–water partition coefficient (Wildman–Crippen LogP) is 4.64. The number of rotatable bonds is 19. The molecular weight excluding hydrogens is 765 g/mol. The minimum Gasteiger partial charge on any atom is -0.511 e. The van der Waals surface area contributed by atoms with E-state index >= 15 is 0 Å². The van der Waals surface area contributed by atoms with Gasteiger partial charge in [0.25, 0.3) is 5.91 Å². The lowest BCUT2D eigenvalue weighted by Gasteiger charge is -2.53. The number of ketones is 1. The van der Waals surface area contributed by atoms with Gasteiger partial charge in [0, 0.05) is 29.8 Å². The van der Waals surface area contributed by atoms with E-state index in [0.717, 1.165) is 43.4 Å². The Labute approximate surface area is 357 Å². The fourth-order valence-electron chi connectivity index (χ4n) is 10.1. The topological polar surface area (TPSA) is 241 Å². The van der Waals surface area contributed by atoms with Crippen molar-refractivity contribution < 1.29 is 45.3 Å². The smallest absolute Gasteiger partial charge is 0.258 e. The highest BCUT2D eigenvalue weighted by molar-refractivity contribution is 6.25. The van der Waals surface area contributed by atoms with Crippen LogP contribution in [0.1, 0.15) is 112 Å². The van der Waals surface area contributed by atoms with Crippen molar-refractivity contribution in [1.29, 1.82) is 5.41 Å². The van der Waals surface area contributed by atoms with Crippen molar-refractivity contribution in [3.8, 4) is 0 Å². The molecule has 1 amide bonds. The molecule has 0 aromatic rings. The molecule has 336 valence electrons. The molecule has 0 aromatic heterocycles. The van der Waals surface area contributed by atoms with E-state index in [1.165, 1.54) is 0 Å². The van der Waals surface area contributed by atoms with Crippen LogP contribution in [0, 0.1) is 40.4 Å². The number of fused-ring (bicyclic) bond motifs is 1. The van der Waals surface area contributed by atoms with Gasteiger partial charge in [-0.3, -0.25) is 15.0 Å². The van der Waals surface area contributed by atoms with Crippen LogP contribution in [-0.4, -0.2) is 114 Å². The third-order valence-electron chi connectivity index (χ3n) is 14.0. The molecule has 0 radical (unpaired) electrons. The van der Waals surface area contributed by atoms with Gasteiger partial charge in [0.1, 0.15) is 11.3 Å². The van der Waals surface area contributed by atoms with Crippen LogP contribution in [0.15, 0.2) is 70.6 Å². The number of likely N-dealkylation sites (tertiary alicyclic amines) is 1. The van der Waals surface area contributed by atoms with Gasteiger partial charge < -0.3 is 51.7 Å². The van der Waals surface area contributed by atoms with Crippen molar-refractivity contribution in [2.24, 2.45) is 40.7 Å². The van der Waals surface area contributed by atoms with E-state index in [2.05, 4.69) is 11.4 Å². The molecule has 2 heterocycles. The Balaban J connectivity index is 1.27. The number of amides is 1. The zero-order chi connectivity index (χ0) is 44.5. The number of nitrogens with two attached hydrogens (primary N) is 1. The summed E-state index contributed by atoms with van der Waals surface area (Å²) in [6.07, 6.45) is 14.7. The summed E-state index contributed by atoms with van der Waals surface area (Å²) in [5, 5.41) is 86.9. The van der Waals surface area contributed by atoms with Crippen LogP contribution >= 0.6 is 0 Å². The number of hydrogen-bond acceptors (Lipinski definition) is 10. The number of carbonyl (C=O) groups is 2. The summed E-state index contributed by atoms with van der Waals surface area (Å²) in [5.41, 5.74) is 6.95. The Kier molecular flexibility index (Phi) is 18.0. The average molecular weight is 839 g/mol. The second-order valence-corrected chi connectivity index (χ2v) is 18.4. The number of aliphatic hydroxyl groups excluding tert-OH is 7. The molecular formula is C47H74N4O9. The number of guanidine groups is 1. The lowest BCUT2D eigenvalue weighted by Crippen LogP contribution is -2.50. The average Bonchev–Trinajstić information content (AvgIpc) is 3.82. The maximum atomic E-state index is 12.8. The first kappa shape index (κ1) is 49.1. The van der Waals surface area contributed by atoms with Crippen LogP contribution < -0.4 is 11.1 Å². The fourth-order valence-corrected chi connectivity index (χ4v) is 10.1. The number of nitrogens with one attached hydrogen (secondary N) is 2. The predicted molar refractivity (Wildman–Crippen MR) is 233 cm³/mol. The zero-order valence-electron chi connectivity index (χ0n) is 36.6. The molecule has 13 nitrogen and oxygen atoms in total. The van der Waals surface area contributed by atoms with Gasteiger partial charge >= 0.3 is 0 Å². The van der Waals surface area contributed by atoms with Gasteiger partial charge in [0.15, 0.2) is 11.7 Å². The first-order valence-electron chi connectivity index (χ1n) is 22.1. The Morgan fingerprint density at radius 2 is 1.70 bits per heavy atom. The van der Waals surface area contributed by atoms with Gasteiger partial charge in [0.05, 0.1) is 43.2 Å². The fraction of sp³-hybridized carbons (Fsp3) is 0.681. The maximum Gasteiger partial charge on any atom is 0.258 e. The van der Waals surface area contributed by atoms with Crippen LogP contribution in [-0.2, 0) is 9.59 Å². The van der Waals surface area contributed by atoms with Crippen LogP contribution in [0.25, 0.3) is 0 Å². The van der Waals surface area contributed by atoms with Crippen molar-refractivity contribution in [2.75, 3.05) is 13.1 Å². The third-order valence-corrected chi connectivity index (χ3v) is 14.0. The van der Waals surface area contributed by atoms with Gasteiger partial charge in [0.2, 0.25) is 0 Å². The Morgan fingerprint density at radius 1 is 1.00 bits per heavy atom. The summed E-state index contributed by atoms with van der Waals surface area (Å²) < 4.78 is 0.